The average Bonchev–Trinajstić information content (AvgIpc) is 2.60. The van der Waals surface area contributed by atoms with E-state index >= 15 is 0 Å². The van der Waals surface area contributed by atoms with Crippen LogP contribution in [0.1, 0.15) is 55.4 Å². The normalized spacial score (nSPS) is 12.7. The van der Waals surface area contributed by atoms with Crippen LogP contribution in [0.4, 0.5) is 21.0 Å². The van der Waals surface area contributed by atoms with Crippen LogP contribution in [0.3, 0.4) is 0 Å². The number of hydrogen-bond acceptors (Lipinski definition) is 6. The lowest BCUT2D eigenvalue weighted by Crippen LogP contribution is -2.12. The second kappa shape index (κ2) is 11.9. The Bertz CT molecular complexity index is 768. The number of carbonyl (C=O) groups is 2. The predicted molar refractivity (Wildman–Crippen MR) is 149 cm³/mol. The number of amides is 2. The summed E-state index contributed by atoms with van der Waals surface area (Å²) in [7, 11) is 0. The maximum atomic E-state index is 12.6. The highest BCUT2D eigenvalue weighted by atomic mass is 32.9. The second-order valence-electron chi connectivity index (χ2n) is 8.25. The van der Waals surface area contributed by atoms with E-state index in [9.17, 15) is 9.59 Å². The summed E-state index contributed by atoms with van der Waals surface area (Å²) in [6.07, 6.45) is 0. The minimum atomic E-state index is -1.88. The maximum Gasteiger partial charge on any atom is 0.288 e. The third-order valence-corrected chi connectivity index (χ3v) is 25.7. The standard InChI is InChI=1S/C20H34N2O2P2S4/c1-13(2)25(27,14(3)4)29-19(23)21-17-10-9-11-18(12-17)22-20(24)30-26(28,15(5)6)16(7)8/h9-16H,1-8H3,(H,21,23)(H,22,24). The van der Waals surface area contributed by atoms with Crippen LogP contribution in [0.5, 0.6) is 0 Å². The summed E-state index contributed by atoms with van der Waals surface area (Å²) in [5, 5.41) is 1.80. The van der Waals surface area contributed by atoms with E-state index < -0.39 is 10.5 Å². The van der Waals surface area contributed by atoms with Gasteiger partial charge in [-0.2, -0.15) is 0 Å². The molecular weight excluding hydrogens is 490 g/mol. The van der Waals surface area contributed by atoms with Crippen molar-refractivity contribution in [3.63, 3.8) is 0 Å². The SMILES string of the molecule is CC(C)P(=S)(SC(=O)Nc1cccc(NC(=O)SP(=S)(C(C)C)C(C)C)c1)C(C)C. The molecule has 1 aromatic rings. The fourth-order valence-corrected chi connectivity index (χ4v) is 12.5. The third kappa shape index (κ3) is 7.64. The van der Waals surface area contributed by atoms with Crippen molar-refractivity contribution in [2.75, 3.05) is 10.6 Å². The van der Waals surface area contributed by atoms with E-state index in [0.717, 1.165) is 0 Å². The van der Waals surface area contributed by atoms with Crippen LogP contribution in [0, 0.1) is 0 Å². The Labute approximate surface area is 200 Å². The summed E-state index contributed by atoms with van der Waals surface area (Å²) in [5.74, 6) is 0. The number of hydrogen-bond donors (Lipinski definition) is 2. The molecule has 0 aliphatic heterocycles. The third-order valence-electron chi connectivity index (χ3n) is 4.69. The predicted octanol–water partition coefficient (Wildman–Crippen LogP) is 8.64. The molecule has 0 spiro atoms. The summed E-state index contributed by atoms with van der Waals surface area (Å²) in [5.41, 5.74) is 2.42. The molecule has 30 heavy (non-hydrogen) atoms. The molecule has 0 aliphatic rings. The molecule has 1 aromatic carbocycles. The van der Waals surface area contributed by atoms with Gasteiger partial charge in [0.15, 0.2) is 0 Å². The van der Waals surface area contributed by atoms with Gasteiger partial charge in [0.05, 0.1) is 0 Å². The minimum absolute atomic E-state index is 0.145. The van der Waals surface area contributed by atoms with Crippen LogP contribution in [0.25, 0.3) is 0 Å². The summed E-state index contributed by atoms with van der Waals surface area (Å²) in [6.45, 7) is 16.7. The quantitative estimate of drug-likeness (QED) is 0.332. The molecule has 0 atom stereocenters. The Morgan fingerprint density at radius 3 is 1.30 bits per heavy atom. The van der Waals surface area contributed by atoms with Crippen molar-refractivity contribution in [2.45, 2.75) is 78.0 Å². The minimum Gasteiger partial charge on any atom is -0.317 e. The molecule has 4 nitrogen and oxygen atoms in total. The van der Waals surface area contributed by atoms with Crippen LogP contribution in [-0.4, -0.2) is 33.1 Å². The van der Waals surface area contributed by atoms with Crippen molar-refractivity contribution in [2.24, 2.45) is 0 Å². The van der Waals surface area contributed by atoms with E-state index in [-0.39, 0.29) is 33.1 Å². The van der Waals surface area contributed by atoms with Gasteiger partial charge >= 0.3 is 0 Å². The largest absolute Gasteiger partial charge is 0.317 e. The van der Waals surface area contributed by atoms with Gasteiger partial charge in [0, 0.05) is 21.9 Å². The molecule has 0 heterocycles. The number of carbonyl (C=O) groups excluding carboxylic acids is 2. The maximum absolute atomic E-state index is 12.6. The zero-order chi connectivity index (χ0) is 23.3. The lowest BCUT2D eigenvalue weighted by molar-refractivity contribution is 0.269. The number of nitrogens with one attached hydrogen (secondary N) is 2. The van der Waals surface area contributed by atoms with Gasteiger partial charge < -0.3 is 10.6 Å². The molecular formula is C20H34N2O2P2S4. The summed E-state index contributed by atoms with van der Waals surface area (Å²) in [6, 6.07) is 7.19. The van der Waals surface area contributed by atoms with E-state index in [1.54, 1.807) is 6.07 Å². The molecule has 0 saturated heterocycles. The van der Waals surface area contributed by atoms with Crippen molar-refractivity contribution in [1.82, 2.24) is 0 Å². The molecule has 0 radical (unpaired) electrons. The summed E-state index contributed by atoms with van der Waals surface area (Å²) < 4.78 is 0. The molecule has 2 N–H and O–H groups in total. The van der Waals surface area contributed by atoms with Crippen LogP contribution in [0.2, 0.25) is 0 Å². The van der Waals surface area contributed by atoms with E-state index in [4.69, 9.17) is 23.6 Å². The number of anilines is 2. The summed E-state index contributed by atoms with van der Waals surface area (Å²) in [4.78, 5) is 25.2. The highest BCUT2D eigenvalue weighted by molar-refractivity contribution is 8.77. The van der Waals surface area contributed by atoms with Crippen LogP contribution in [-0.2, 0) is 23.6 Å². The van der Waals surface area contributed by atoms with Crippen molar-refractivity contribution in [3.8, 4) is 0 Å². The lowest BCUT2D eigenvalue weighted by Gasteiger charge is -2.28. The molecule has 0 fully saturated rings. The Morgan fingerprint density at radius 1 is 0.733 bits per heavy atom. The van der Waals surface area contributed by atoms with E-state index in [1.165, 1.54) is 22.8 Å². The van der Waals surface area contributed by atoms with Crippen molar-refractivity contribution in [3.05, 3.63) is 24.3 Å². The van der Waals surface area contributed by atoms with Crippen molar-refractivity contribution >= 4 is 78.7 Å². The molecule has 0 aliphatic carbocycles. The first-order valence-corrected chi connectivity index (χ1v) is 18.7. The molecule has 0 aromatic heterocycles. The molecule has 1 rings (SSSR count). The Kier molecular flexibility index (Phi) is 11.1. The van der Waals surface area contributed by atoms with Gasteiger partial charge in [-0.1, -0.05) is 85.1 Å². The fourth-order valence-electron chi connectivity index (χ4n) is 2.83. The van der Waals surface area contributed by atoms with Gasteiger partial charge in [-0.3, -0.25) is 9.59 Å². The van der Waals surface area contributed by atoms with Gasteiger partial charge in [-0.05, 0) is 63.6 Å². The highest BCUT2D eigenvalue weighted by Crippen LogP contribution is 2.67. The smallest absolute Gasteiger partial charge is 0.288 e. The molecule has 0 saturated carbocycles. The van der Waals surface area contributed by atoms with E-state index in [1.807, 2.05) is 18.2 Å². The number of rotatable bonds is 8. The molecule has 170 valence electrons. The van der Waals surface area contributed by atoms with Gasteiger partial charge in [0.25, 0.3) is 10.5 Å². The topological polar surface area (TPSA) is 58.2 Å². The summed E-state index contributed by atoms with van der Waals surface area (Å²) >= 11 is 14.3. The zero-order valence-electron chi connectivity index (χ0n) is 19.0. The van der Waals surface area contributed by atoms with E-state index in [0.29, 0.717) is 11.4 Å². The van der Waals surface area contributed by atoms with Crippen molar-refractivity contribution < 1.29 is 9.59 Å². The average molecular weight is 525 g/mol. The molecule has 2 amide bonds. The van der Waals surface area contributed by atoms with Gasteiger partial charge in [-0.15, -0.1) is 0 Å². The Morgan fingerprint density at radius 2 is 1.03 bits per heavy atom. The zero-order valence-corrected chi connectivity index (χ0v) is 24.0. The highest BCUT2D eigenvalue weighted by Gasteiger charge is 2.30. The van der Waals surface area contributed by atoms with Gasteiger partial charge in [0.2, 0.25) is 0 Å². The Balaban J connectivity index is 2.86. The van der Waals surface area contributed by atoms with Crippen molar-refractivity contribution in [1.29, 1.82) is 0 Å². The monoisotopic (exact) mass is 524 g/mol. The number of benzene rings is 1. The van der Waals surface area contributed by atoms with Gasteiger partial charge in [-0.25, -0.2) is 0 Å². The molecule has 0 bridgehead atoms. The first-order valence-electron chi connectivity index (χ1n) is 10.0. The first-order chi connectivity index (χ1) is 13.7. The molecule has 10 heteroatoms. The first kappa shape index (κ1) is 28.2. The fraction of sp³-hybridized carbons (Fsp3) is 0.600. The van der Waals surface area contributed by atoms with Gasteiger partial charge in [0.1, 0.15) is 0 Å². The van der Waals surface area contributed by atoms with Crippen LogP contribution in [0.15, 0.2) is 24.3 Å². The molecule has 0 unspecified atom stereocenters. The van der Waals surface area contributed by atoms with Crippen LogP contribution < -0.4 is 10.6 Å². The van der Waals surface area contributed by atoms with E-state index in [2.05, 4.69) is 66.0 Å². The van der Waals surface area contributed by atoms with Crippen LogP contribution >= 0.6 is 33.2 Å². The lowest BCUT2D eigenvalue weighted by atomic mass is 10.3. The second-order valence-corrected chi connectivity index (χ2v) is 25.8. The Hall–Kier alpha value is 0.160.